The normalized spacial score (nSPS) is 16.4. The van der Waals surface area contributed by atoms with Gasteiger partial charge in [0.2, 0.25) is 0 Å². The standard InChI is InChI=1S/C27H29N3O2/c1-3-29(20-13-9-10-18(2)16-20)26(31)24-21-14-7-8-15-23(21)28-25-22(24)17-30(27(25)32)19-11-5-4-6-12-19/h7-10,13-16,19H,3-6,11-12,17H2,1-2H3. The van der Waals surface area contributed by atoms with Gasteiger partial charge in [0.1, 0.15) is 5.69 Å². The zero-order chi connectivity index (χ0) is 22.2. The summed E-state index contributed by atoms with van der Waals surface area (Å²) in [5.41, 5.74) is 4.56. The maximum Gasteiger partial charge on any atom is 0.273 e. The van der Waals surface area contributed by atoms with E-state index in [2.05, 4.69) is 0 Å². The number of amides is 2. The summed E-state index contributed by atoms with van der Waals surface area (Å²) in [6.45, 7) is 5.04. The van der Waals surface area contributed by atoms with E-state index in [0.29, 0.717) is 29.9 Å². The van der Waals surface area contributed by atoms with Gasteiger partial charge in [0.15, 0.2) is 0 Å². The number of benzene rings is 2. The van der Waals surface area contributed by atoms with Gasteiger partial charge in [0.05, 0.1) is 11.1 Å². The number of para-hydroxylation sites is 1. The highest BCUT2D eigenvalue weighted by Crippen LogP contribution is 2.35. The third kappa shape index (κ3) is 3.46. The summed E-state index contributed by atoms with van der Waals surface area (Å²) in [5.74, 6) is -0.0865. The second kappa shape index (κ2) is 8.38. The second-order valence-corrected chi connectivity index (χ2v) is 8.94. The smallest absolute Gasteiger partial charge is 0.273 e. The van der Waals surface area contributed by atoms with Gasteiger partial charge in [-0.2, -0.15) is 0 Å². The number of nitrogens with zero attached hydrogens (tertiary/aromatic N) is 3. The summed E-state index contributed by atoms with van der Waals surface area (Å²) in [6.07, 6.45) is 5.62. The lowest BCUT2D eigenvalue weighted by atomic mass is 9.94. The van der Waals surface area contributed by atoms with E-state index in [4.69, 9.17) is 4.98 Å². The second-order valence-electron chi connectivity index (χ2n) is 8.94. The van der Waals surface area contributed by atoms with Crippen molar-refractivity contribution in [2.45, 2.75) is 58.5 Å². The Morgan fingerprint density at radius 3 is 2.62 bits per heavy atom. The molecule has 1 saturated carbocycles. The molecule has 0 atom stereocenters. The number of carbonyl (C=O) groups excluding carboxylic acids is 2. The molecule has 0 spiro atoms. The molecule has 0 bridgehead atoms. The summed E-state index contributed by atoms with van der Waals surface area (Å²) < 4.78 is 0. The minimum Gasteiger partial charge on any atom is -0.330 e. The van der Waals surface area contributed by atoms with Crippen molar-refractivity contribution in [3.8, 4) is 0 Å². The van der Waals surface area contributed by atoms with Crippen molar-refractivity contribution < 1.29 is 9.59 Å². The average molecular weight is 428 g/mol. The highest BCUT2D eigenvalue weighted by atomic mass is 16.2. The molecule has 0 saturated heterocycles. The molecule has 3 aromatic rings. The van der Waals surface area contributed by atoms with Gasteiger partial charge in [0, 0.05) is 35.8 Å². The van der Waals surface area contributed by atoms with Crippen molar-refractivity contribution >= 4 is 28.4 Å². The molecule has 1 aliphatic heterocycles. The largest absolute Gasteiger partial charge is 0.330 e. The molecule has 5 heteroatoms. The van der Waals surface area contributed by atoms with Crippen LogP contribution in [0.15, 0.2) is 48.5 Å². The Kier molecular flexibility index (Phi) is 5.41. The summed E-state index contributed by atoms with van der Waals surface area (Å²) in [4.78, 5) is 35.9. The maximum absolute atomic E-state index is 14.0. The fraction of sp³-hybridized carbons (Fsp3) is 0.370. The third-order valence-electron chi connectivity index (χ3n) is 6.89. The van der Waals surface area contributed by atoms with Crippen LogP contribution in [0.2, 0.25) is 0 Å². The SMILES string of the molecule is CCN(C(=O)c1c2c(nc3ccccc13)C(=O)N(C1CCCCC1)C2)c1cccc(C)c1. The van der Waals surface area contributed by atoms with Crippen LogP contribution >= 0.6 is 0 Å². The quantitative estimate of drug-likeness (QED) is 0.553. The fourth-order valence-electron chi connectivity index (χ4n) is 5.27. The molecule has 2 aliphatic rings. The Morgan fingerprint density at radius 1 is 1.09 bits per heavy atom. The van der Waals surface area contributed by atoms with Gasteiger partial charge in [-0.1, -0.05) is 49.6 Å². The van der Waals surface area contributed by atoms with Crippen LogP contribution < -0.4 is 4.90 Å². The van der Waals surface area contributed by atoms with Gasteiger partial charge in [-0.15, -0.1) is 0 Å². The number of hydrogen-bond acceptors (Lipinski definition) is 3. The topological polar surface area (TPSA) is 53.5 Å². The van der Waals surface area contributed by atoms with Crippen LogP contribution in [0.3, 0.4) is 0 Å². The van der Waals surface area contributed by atoms with Gasteiger partial charge < -0.3 is 9.80 Å². The molecule has 2 heterocycles. The fourth-order valence-corrected chi connectivity index (χ4v) is 5.27. The monoisotopic (exact) mass is 427 g/mol. The lowest BCUT2D eigenvalue weighted by Crippen LogP contribution is -2.37. The first kappa shape index (κ1) is 20.7. The number of rotatable bonds is 4. The van der Waals surface area contributed by atoms with Crippen molar-refractivity contribution in [1.82, 2.24) is 9.88 Å². The molecule has 1 fully saturated rings. The van der Waals surface area contributed by atoms with E-state index in [-0.39, 0.29) is 17.9 Å². The van der Waals surface area contributed by atoms with Crippen molar-refractivity contribution in [2.75, 3.05) is 11.4 Å². The summed E-state index contributed by atoms with van der Waals surface area (Å²) in [5, 5.41) is 0.820. The molecule has 2 aromatic carbocycles. The van der Waals surface area contributed by atoms with Crippen LogP contribution in [-0.2, 0) is 6.54 Å². The van der Waals surface area contributed by atoms with Crippen LogP contribution in [0.25, 0.3) is 10.9 Å². The molecule has 0 unspecified atom stereocenters. The number of anilines is 1. The summed E-state index contributed by atoms with van der Waals surface area (Å²) in [6, 6.07) is 15.9. The molecule has 32 heavy (non-hydrogen) atoms. The van der Waals surface area contributed by atoms with E-state index in [1.165, 1.54) is 6.42 Å². The van der Waals surface area contributed by atoms with E-state index in [0.717, 1.165) is 47.9 Å². The average Bonchev–Trinajstić information content (AvgIpc) is 3.14. The van der Waals surface area contributed by atoms with Gasteiger partial charge in [-0.25, -0.2) is 4.98 Å². The summed E-state index contributed by atoms with van der Waals surface area (Å²) >= 11 is 0. The van der Waals surface area contributed by atoms with Gasteiger partial charge in [-0.3, -0.25) is 9.59 Å². The number of pyridine rings is 1. The molecule has 164 valence electrons. The van der Waals surface area contributed by atoms with Gasteiger partial charge in [-0.05, 0) is 50.5 Å². The first-order valence-electron chi connectivity index (χ1n) is 11.7. The van der Waals surface area contributed by atoms with E-state index in [9.17, 15) is 9.59 Å². The molecule has 2 amide bonds. The number of aryl methyl sites for hydroxylation is 1. The lowest BCUT2D eigenvalue weighted by molar-refractivity contribution is 0.0655. The lowest BCUT2D eigenvalue weighted by Gasteiger charge is -2.30. The Bertz CT molecular complexity index is 1200. The van der Waals surface area contributed by atoms with Crippen LogP contribution in [0.1, 0.15) is 71.0 Å². The molecule has 0 N–H and O–H groups in total. The highest BCUT2D eigenvalue weighted by Gasteiger charge is 2.38. The van der Waals surface area contributed by atoms with E-state index in [1.54, 1.807) is 0 Å². The third-order valence-corrected chi connectivity index (χ3v) is 6.89. The molecule has 1 aromatic heterocycles. The van der Waals surface area contributed by atoms with Crippen molar-refractivity contribution in [3.63, 3.8) is 0 Å². The van der Waals surface area contributed by atoms with Gasteiger partial charge in [0.25, 0.3) is 11.8 Å². The zero-order valence-corrected chi connectivity index (χ0v) is 18.8. The minimum absolute atomic E-state index is 0.0229. The molecule has 5 nitrogen and oxygen atoms in total. The Balaban J connectivity index is 1.63. The first-order valence-corrected chi connectivity index (χ1v) is 11.7. The van der Waals surface area contributed by atoms with Crippen molar-refractivity contribution in [2.24, 2.45) is 0 Å². The Labute approximate surface area is 189 Å². The van der Waals surface area contributed by atoms with Crippen LogP contribution in [0, 0.1) is 6.92 Å². The minimum atomic E-state index is -0.0637. The molecule has 0 radical (unpaired) electrons. The van der Waals surface area contributed by atoms with Crippen LogP contribution in [0.5, 0.6) is 0 Å². The van der Waals surface area contributed by atoms with Crippen LogP contribution in [-0.4, -0.2) is 34.3 Å². The first-order chi connectivity index (χ1) is 15.6. The van der Waals surface area contributed by atoms with Crippen molar-refractivity contribution in [3.05, 3.63) is 70.9 Å². The number of carbonyl (C=O) groups is 2. The van der Waals surface area contributed by atoms with Crippen LogP contribution in [0.4, 0.5) is 5.69 Å². The number of hydrogen-bond donors (Lipinski definition) is 0. The Hall–Kier alpha value is -3.21. The van der Waals surface area contributed by atoms with E-state index >= 15 is 0 Å². The zero-order valence-electron chi connectivity index (χ0n) is 18.8. The summed E-state index contributed by atoms with van der Waals surface area (Å²) in [7, 11) is 0. The molecule has 5 rings (SSSR count). The van der Waals surface area contributed by atoms with E-state index < -0.39 is 0 Å². The highest BCUT2D eigenvalue weighted by molar-refractivity contribution is 6.17. The maximum atomic E-state index is 14.0. The predicted octanol–water partition coefficient (Wildman–Crippen LogP) is 5.50. The predicted molar refractivity (Wildman–Crippen MR) is 127 cm³/mol. The Morgan fingerprint density at radius 2 is 1.88 bits per heavy atom. The molecular formula is C27H29N3O2. The molecule has 1 aliphatic carbocycles. The number of aromatic nitrogens is 1. The van der Waals surface area contributed by atoms with E-state index in [1.807, 2.05) is 72.2 Å². The van der Waals surface area contributed by atoms with Crippen molar-refractivity contribution in [1.29, 1.82) is 0 Å². The number of fused-ring (bicyclic) bond motifs is 2. The molecular weight excluding hydrogens is 398 g/mol. The van der Waals surface area contributed by atoms with Gasteiger partial charge >= 0.3 is 0 Å².